The Labute approximate surface area is 173 Å². The molecule has 0 bridgehead atoms. The van der Waals surface area contributed by atoms with Crippen molar-refractivity contribution in [2.45, 2.75) is 39.7 Å². The van der Waals surface area contributed by atoms with Crippen molar-refractivity contribution in [3.63, 3.8) is 0 Å². The summed E-state index contributed by atoms with van der Waals surface area (Å²) in [4.78, 5) is 22.6. The molecule has 4 aromatic rings. The number of nitrogens with zero attached hydrogens (tertiary/aromatic N) is 1. The van der Waals surface area contributed by atoms with Crippen LogP contribution in [0.1, 0.15) is 33.8 Å². The fourth-order valence-corrected chi connectivity index (χ4v) is 5.25. The zero-order valence-electron chi connectivity index (χ0n) is 16.6. The molecule has 146 valence electrons. The Morgan fingerprint density at radius 3 is 2.69 bits per heavy atom. The van der Waals surface area contributed by atoms with Gasteiger partial charge in [0.25, 0.3) is 5.56 Å². The number of aromatic amines is 1. The minimum Gasteiger partial charge on any atom is -0.378 e. The lowest BCUT2D eigenvalue weighted by Gasteiger charge is -2.08. The molecule has 0 fully saturated rings. The van der Waals surface area contributed by atoms with Gasteiger partial charge in [-0.2, -0.15) is 0 Å². The van der Waals surface area contributed by atoms with Crippen LogP contribution in [0.4, 0.5) is 5.69 Å². The molecule has 0 spiro atoms. The second-order valence-corrected chi connectivity index (χ2v) is 8.99. The lowest BCUT2D eigenvalue weighted by molar-refractivity contribution is 0.911. The molecule has 0 amide bonds. The Hall–Kier alpha value is -2.92. The molecule has 4 nitrogen and oxygen atoms in total. The largest absolute Gasteiger partial charge is 0.378 e. The Balaban J connectivity index is 1.46. The monoisotopic (exact) mass is 401 g/mol. The van der Waals surface area contributed by atoms with Crippen LogP contribution in [0.5, 0.6) is 0 Å². The smallest absolute Gasteiger partial charge is 0.260 e. The van der Waals surface area contributed by atoms with Gasteiger partial charge in [-0.3, -0.25) is 4.79 Å². The van der Waals surface area contributed by atoms with Crippen molar-refractivity contribution in [2.75, 3.05) is 5.32 Å². The number of fused-ring (bicyclic) bond motifs is 2. The molecule has 0 radical (unpaired) electrons. The summed E-state index contributed by atoms with van der Waals surface area (Å²) < 4.78 is 0. The van der Waals surface area contributed by atoms with Crippen molar-refractivity contribution in [1.82, 2.24) is 9.97 Å². The third-order valence-corrected chi connectivity index (χ3v) is 6.68. The van der Waals surface area contributed by atoms with E-state index in [0.29, 0.717) is 17.8 Å². The van der Waals surface area contributed by atoms with Gasteiger partial charge in [-0.15, -0.1) is 11.3 Å². The highest BCUT2D eigenvalue weighted by atomic mass is 32.1. The molecule has 2 aromatic carbocycles. The highest BCUT2D eigenvalue weighted by molar-refractivity contribution is 7.19. The van der Waals surface area contributed by atoms with E-state index in [1.165, 1.54) is 29.5 Å². The van der Waals surface area contributed by atoms with Gasteiger partial charge in [0.05, 0.1) is 11.9 Å². The number of anilines is 1. The summed E-state index contributed by atoms with van der Waals surface area (Å²) in [6.45, 7) is 4.63. The van der Waals surface area contributed by atoms with Crippen molar-refractivity contribution in [3.8, 4) is 11.1 Å². The van der Waals surface area contributed by atoms with Crippen molar-refractivity contribution < 1.29 is 0 Å². The molecule has 2 heterocycles. The first kappa shape index (κ1) is 18.1. The first-order chi connectivity index (χ1) is 14.1. The summed E-state index contributed by atoms with van der Waals surface area (Å²) in [5, 5.41) is 4.11. The van der Waals surface area contributed by atoms with Gasteiger partial charge in [0, 0.05) is 16.1 Å². The van der Waals surface area contributed by atoms with E-state index < -0.39 is 0 Å². The summed E-state index contributed by atoms with van der Waals surface area (Å²) >= 11 is 1.59. The van der Waals surface area contributed by atoms with Crippen LogP contribution < -0.4 is 10.9 Å². The first-order valence-corrected chi connectivity index (χ1v) is 10.8. The SMILES string of the molecule is Cc1ccc(-c2c(C)sc3nc(CNc4ccc5c(c4)CCC5)[nH]c(=O)c23)cc1. The van der Waals surface area contributed by atoms with E-state index in [9.17, 15) is 4.79 Å². The molecule has 2 aromatic heterocycles. The number of thiophene rings is 1. The summed E-state index contributed by atoms with van der Waals surface area (Å²) in [7, 11) is 0. The minimum atomic E-state index is -0.0688. The van der Waals surface area contributed by atoms with Crippen LogP contribution in [0.25, 0.3) is 21.3 Å². The summed E-state index contributed by atoms with van der Waals surface area (Å²) in [5.74, 6) is 0.666. The number of nitrogens with one attached hydrogen (secondary N) is 2. The van der Waals surface area contributed by atoms with Crippen molar-refractivity contribution in [3.05, 3.63) is 80.2 Å². The van der Waals surface area contributed by atoms with Gasteiger partial charge in [0.15, 0.2) is 0 Å². The molecule has 2 N–H and O–H groups in total. The van der Waals surface area contributed by atoms with Gasteiger partial charge in [-0.1, -0.05) is 35.9 Å². The van der Waals surface area contributed by atoms with E-state index in [2.05, 4.69) is 66.6 Å². The Morgan fingerprint density at radius 1 is 1.07 bits per heavy atom. The normalized spacial score (nSPS) is 13.0. The highest BCUT2D eigenvalue weighted by Crippen LogP contribution is 2.35. The van der Waals surface area contributed by atoms with Crippen molar-refractivity contribution in [2.24, 2.45) is 0 Å². The number of aryl methyl sites for hydroxylation is 4. The number of H-pyrrole nitrogens is 1. The zero-order valence-corrected chi connectivity index (χ0v) is 17.5. The van der Waals surface area contributed by atoms with Gasteiger partial charge in [0.1, 0.15) is 10.7 Å². The highest BCUT2D eigenvalue weighted by Gasteiger charge is 2.17. The second-order valence-electron chi connectivity index (χ2n) is 7.78. The summed E-state index contributed by atoms with van der Waals surface area (Å²) in [6, 6.07) is 14.9. The van der Waals surface area contributed by atoms with E-state index in [0.717, 1.165) is 32.9 Å². The number of aromatic nitrogens is 2. The third-order valence-electron chi connectivity index (χ3n) is 5.69. The lowest BCUT2D eigenvalue weighted by atomic mass is 10.0. The topological polar surface area (TPSA) is 57.8 Å². The third kappa shape index (κ3) is 3.36. The number of rotatable bonds is 4. The molecule has 0 unspecified atom stereocenters. The Morgan fingerprint density at radius 2 is 1.86 bits per heavy atom. The van der Waals surface area contributed by atoms with Gasteiger partial charge in [0.2, 0.25) is 0 Å². The number of hydrogen-bond donors (Lipinski definition) is 2. The molecule has 0 saturated carbocycles. The van der Waals surface area contributed by atoms with Crippen LogP contribution in [0.15, 0.2) is 47.3 Å². The summed E-state index contributed by atoms with van der Waals surface area (Å²) in [6.07, 6.45) is 3.58. The average molecular weight is 402 g/mol. The zero-order chi connectivity index (χ0) is 20.0. The number of hydrogen-bond acceptors (Lipinski definition) is 4. The van der Waals surface area contributed by atoms with E-state index in [-0.39, 0.29) is 5.56 Å². The van der Waals surface area contributed by atoms with Crippen LogP contribution >= 0.6 is 11.3 Å². The molecule has 0 atom stereocenters. The molecular weight excluding hydrogens is 378 g/mol. The van der Waals surface area contributed by atoms with Gasteiger partial charge in [-0.05, 0) is 61.9 Å². The van der Waals surface area contributed by atoms with Crippen LogP contribution in [0.2, 0.25) is 0 Å². The maximum atomic E-state index is 12.9. The maximum absolute atomic E-state index is 12.9. The maximum Gasteiger partial charge on any atom is 0.260 e. The Kier molecular flexibility index (Phi) is 4.47. The minimum absolute atomic E-state index is 0.0688. The standard InChI is InChI=1S/C24H23N3OS/c1-14-6-8-17(9-7-14)21-15(2)29-24-22(21)23(28)26-20(27-24)13-25-19-11-10-16-4-3-5-18(16)12-19/h6-12,25H,3-5,13H2,1-2H3,(H,26,27,28). The van der Waals surface area contributed by atoms with E-state index in [4.69, 9.17) is 4.98 Å². The molecule has 0 saturated heterocycles. The average Bonchev–Trinajstić information content (AvgIpc) is 3.30. The number of benzene rings is 2. The fraction of sp³-hybridized carbons (Fsp3) is 0.250. The molecule has 5 rings (SSSR count). The van der Waals surface area contributed by atoms with Crippen LogP contribution in [-0.4, -0.2) is 9.97 Å². The van der Waals surface area contributed by atoms with Crippen LogP contribution in [0.3, 0.4) is 0 Å². The first-order valence-electron chi connectivity index (χ1n) is 10.0. The molecule has 1 aliphatic rings. The second kappa shape index (κ2) is 7.16. The van der Waals surface area contributed by atoms with Gasteiger partial charge >= 0.3 is 0 Å². The van der Waals surface area contributed by atoms with E-state index in [1.807, 2.05) is 0 Å². The van der Waals surface area contributed by atoms with E-state index in [1.54, 1.807) is 11.3 Å². The summed E-state index contributed by atoms with van der Waals surface area (Å²) in [5.41, 5.74) is 7.17. The predicted octanol–water partition coefficient (Wildman–Crippen LogP) is 5.37. The molecule has 29 heavy (non-hydrogen) atoms. The van der Waals surface area contributed by atoms with Crippen molar-refractivity contribution >= 4 is 27.2 Å². The predicted molar refractivity (Wildman–Crippen MR) is 121 cm³/mol. The van der Waals surface area contributed by atoms with Gasteiger partial charge < -0.3 is 10.3 Å². The fourth-order valence-electron chi connectivity index (χ4n) is 4.18. The molecule has 0 aliphatic heterocycles. The van der Waals surface area contributed by atoms with Crippen LogP contribution in [-0.2, 0) is 19.4 Å². The lowest BCUT2D eigenvalue weighted by Crippen LogP contribution is -2.14. The Bertz CT molecular complexity index is 1270. The molecular formula is C24H23N3OS. The molecule has 1 aliphatic carbocycles. The van der Waals surface area contributed by atoms with Crippen LogP contribution in [0, 0.1) is 13.8 Å². The molecule has 5 heteroatoms. The quantitative estimate of drug-likeness (QED) is 0.483. The van der Waals surface area contributed by atoms with E-state index >= 15 is 0 Å². The van der Waals surface area contributed by atoms with Gasteiger partial charge in [-0.25, -0.2) is 4.98 Å². The van der Waals surface area contributed by atoms with Crippen molar-refractivity contribution in [1.29, 1.82) is 0 Å².